The summed E-state index contributed by atoms with van der Waals surface area (Å²) >= 11 is 0. The summed E-state index contributed by atoms with van der Waals surface area (Å²) in [5.74, 6) is 0.737. The fourth-order valence-corrected chi connectivity index (χ4v) is 3.70. The quantitative estimate of drug-likeness (QED) is 0.398. The van der Waals surface area contributed by atoms with E-state index in [0.29, 0.717) is 5.41 Å². The van der Waals surface area contributed by atoms with Crippen molar-refractivity contribution in [3.8, 4) is 0 Å². The summed E-state index contributed by atoms with van der Waals surface area (Å²) in [7, 11) is -3.43. The molecule has 1 saturated heterocycles. The number of guanidine groups is 1. The smallest absolute Gasteiger partial charge is 0.210 e. The summed E-state index contributed by atoms with van der Waals surface area (Å²) < 4.78 is 21.9. The summed E-state index contributed by atoms with van der Waals surface area (Å²) in [6, 6.07) is 0. The molecule has 2 aliphatic rings. The molecule has 0 amide bonds. The lowest BCUT2D eigenvalue weighted by atomic mass is 9.86. The topological polar surface area (TPSA) is 87.8 Å². The zero-order chi connectivity index (χ0) is 14.6. The molecule has 1 spiro atoms. The van der Waals surface area contributed by atoms with Gasteiger partial charge in [-0.15, -0.1) is 24.0 Å². The molecule has 0 radical (unpaired) electrons. The Bertz CT molecular complexity index is 461. The molecule has 6 nitrogen and oxygen atoms in total. The second-order valence-corrected chi connectivity index (χ2v) is 7.72. The number of aliphatic imine (C=N–C) groups is 1. The Labute approximate surface area is 145 Å². The van der Waals surface area contributed by atoms with E-state index >= 15 is 0 Å². The number of halogens is 1. The third-order valence-corrected chi connectivity index (χ3v) is 5.13. The third kappa shape index (κ3) is 5.55. The molecule has 3 N–H and O–H groups in total. The van der Waals surface area contributed by atoms with Gasteiger partial charge in [-0.05, 0) is 31.6 Å². The largest absolute Gasteiger partial charge is 0.357 e. The van der Waals surface area contributed by atoms with Gasteiger partial charge in [0.05, 0.1) is 12.3 Å². The van der Waals surface area contributed by atoms with Gasteiger partial charge >= 0.3 is 0 Å². The summed E-state index contributed by atoms with van der Waals surface area (Å²) in [4.78, 5) is 6.68. The van der Waals surface area contributed by atoms with Gasteiger partial charge < -0.3 is 10.2 Å². The van der Waals surface area contributed by atoms with Crippen LogP contribution in [0, 0.1) is 5.41 Å². The van der Waals surface area contributed by atoms with Crippen LogP contribution in [0.1, 0.15) is 39.0 Å². The van der Waals surface area contributed by atoms with Gasteiger partial charge in [-0.3, -0.25) is 4.99 Å². The molecule has 1 aliphatic carbocycles. The zero-order valence-corrected chi connectivity index (χ0v) is 15.8. The fourth-order valence-electron chi connectivity index (χ4n) is 3.35. The number of nitrogens with one attached hydrogen (secondary N) is 1. The van der Waals surface area contributed by atoms with E-state index in [1.54, 1.807) is 0 Å². The van der Waals surface area contributed by atoms with Gasteiger partial charge in [0.1, 0.15) is 0 Å². The summed E-state index contributed by atoms with van der Waals surface area (Å²) in [6.07, 6.45) is 6.55. The van der Waals surface area contributed by atoms with Crippen molar-refractivity contribution in [2.45, 2.75) is 39.0 Å². The minimum Gasteiger partial charge on any atom is -0.357 e. The molecule has 8 heteroatoms. The standard InChI is InChI=1S/C13H26N4O2S.HI/c1-2-15-12(16-8-10-20(14,18)19)17-9-7-13(11-17)5-3-4-6-13;/h2-11H2,1H3,(H,15,16)(H2,14,18,19);1H. The van der Waals surface area contributed by atoms with Crippen molar-refractivity contribution in [1.82, 2.24) is 10.2 Å². The van der Waals surface area contributed by atoms with Crippen LogP contribution in [0.2, 0.25) is 0 Å². The number of sulfonamides is 1. The minimum atomic E-state index is -3.43. The molecule has 0 aromatic rings. The second kappa shape index (κ2) is 7.96. The van der Waals surface area contributed by atoms with Crippen molar-refractivity contribution in [1.29, 1.82) is 0 Å². The average molecular weight is 430 g/mol. The van der Waals surface area contributed by atoms with E-state index in [2.05, 4.69) is 15.2 Å². The predicted molar refractivity (Wildman–Crippen MR) is 96.5 cm³/mol. The SMILES string of the molecule is CCNC(=NCCS(N)(=O)=O)N1CCC2(CCCC2)C1.I. The number of hydrogen-bond donors (Lipinski definition) is 2. The first-order valence-corrected chi connectivity index (χ1v) is 9.19. The molecule has 124 valence electrons. The number of nitrogens with zero attached hydrogens (tertiary/aromatic N) is 2. The van der Waals surface area contributed by atoms with Crippen LogP contribution in [0.5, 0.6) is 0 Å². The van der Waals surface area contributed by atoms with E-state index in [-0.39, 0.29) is 36.3 Å². The lowest BCUT2D eigenvalue weighted by molar-refractivity contribution is 0.309. The van der Waals surface area contributed by atoms with Gasteiger partial charge in [-0.25, -0.2) is 13.6 Å². The minimum absolute atomic E-state index is 0. The maximum absolute atomic E-state index is 11.0. The lowest BCUT2D eigenvalue weighted by Crippen LogP contribution is -2.41. The Morgan fingerprint density at radius 3 is 2.57 bits per heavy atom. The van der Waals surface area contributed by atoms with Crippen molar-refractivity contribution in [3.63, 3.8) is 0 Å². The molecule has 0 aromatic heterocycles. The van der Waals surface area contributed by atoms with Crippen molar-refractivity contribution in [2.24, 2.45) is 15.5 Å². The molecule has 2 fully saturated rings. The zero-order valence-electron chi connectivity index (χ0n) is 12.7. The molecule has 0 bridgehead atoms. The van der Waals surface area contributed by atoms with Gasteiger partial charge in [0.2, 0.25) is 10.0 Å². The van der Waals surface area contributed by atoms with Gasteiger partial charge in [0.25, 0.3) is 0 Å². The molecule has 2 rings (SSSR count). The van der Waals surface area contributed by atoms with Crippen LogP contribution in [0.25, 0.3) is 0 Å². The highest BCUT2D eigenvalue weighted by molar-refractivity contribution is 14.0. The van der Waals surface area contributed by atoms with E-state index in [4.69, 9.17) is 5.14 Å². The van der Waals surface area contributed by atoms with Crippen LogP contribution in [0.3, 0.4) is 0 Å². The average Bonchev–Trinajstić information content (AvgIpc) is 2.98. The highest BCUT2D eigenvalue weighted by Crippen LogP contribution is 2.45. The highest BCUT2D eigenvalue weighted by atomic mass is 127. The second-order valence-electron chi connectivity index (χ2n) is 5.98. The molecule has 21 heavy (non-hydrogen) atoms. The molecule has 0 aromatic carbocycles. The van der Waals surface area contributed by atoms with E-state index < -0.39 is 10.0 Å². The van der Waals surface area contributed by atoms with E-state index in [1.807, 2.05) is 6.92 Å². The van der Waals surface area contributed by atoms with Crippen molar-refractivity contribution >= 4 is 40.0 Å². The Hall–Kier alpha value is -0.0900. The lowest BCUT2D eigenvalue weighted by Gasteiger charge is -2.25. The monoisotopic (exact) mass is 430 g/mol. The first-order chi connectivity index (χ1) is 9.44. The van der Waals surface area contributed by atoms with Crippen LogP contribution in [-0.2, 0) is 10.0 Å². The number of nitrogens with two attached hydrogens (primary N) is 1. The molecule has 1 heterocycles. The summed E-state index contributed by atoms with van der Waals surface area (Å²) in [5.41, 5.74) is 0.482. The van der Waals surface area contributed by atoms with Crippen molar-refractivity contribution in [3.05, 3.63) is 0 Å². The number of likely N-dealkylation sites (tertiary alicyclic amines) is 1. The van der Waals surface area contributed by atoms with Gasteiger partial charge in [0.15, 0.2) is 5.96 Å². The number of primary sulfonamides is 1. The number of rotatable bonds is 4. The van der Waals surface area contributed by atoms with Crippen LogP contribution in [0.15, 0.2) is 4.99 Å². The first-order valence-electron chi connectivity index (χ1n) is 7.48. The summed E-state index contributed by atoms with van der Waals surface area (Å²) in [5, 5.41) is 8.27. The molecule has 1 aliphatic heterocycles. The first kappa shape index (κ1) is 19.0. The fraction of sp³-hybridized carbons (Fsp3) is 0.923. The van der Waals surface area contributed by atoms with Gasteiger partial charge in [-0.2, -0.15) is 0 Å². The normalized spacial score (nSPS) is 21.6. The van der Waals surface area contributed by atoms with E-state index in [0.717, 1.165) is 25.6 Å². The van der Waals surface area contributed by atoms with Gasteiger partial charge in [-0.1, -0.05) is 12.8 Å². The maximum Gasteiger partial charge on any atom is 0.210 e. The Kier molecular flexibility index (Phi) is 7.18. The van der Waals surface area contributed by atoms with E-state index in [1.165, 1.54) is 32.1 Å². The molecular weight excluding hydrogens is 403 g/mol. The number of hydrogen-bond acceptors (Lipinski definition) is 3. The van der Waals surface area contributed by atoms with Crippen LogP contribution < -0.4 is 10.5 Å². The van der Waals surface area contributed by atoms with Crippen molar-refractivity contribution in [2.75, 3.05) is 31.9 Å². The van der Waals surface area contributed by atoms with E-state index in [9.17, 15) is 8.42 Å². The molecule has 0 unspecified atom stereocenters. The molecular formula is C13H27IN4O2S. The van der Waals surface area contributed by atoms with Crippen LogP contribution in [-0.4, -0.2) is 51.2 Å². The third-order valence-electron chi connectivity index (χ3n) is 4.37. The molecule has 0 atom stereocenters. The summed E-state index contributed by atoms with van der Waals surface area (Å²) in [6.45, 7) is 5.11. The Morgan fingerprint density at radius 2 is 2.00 bits per heavy atom. The highest BCUT2D eigenvalue weighted by Gasteiger charge is 2.41. The predicted octanol–water partition coefficient (Wildman–Crippen LogP) is 1.12. The molecule has 1 saturated carbocycles. The van der Waals surface area contributed by atoms with Crippen molar-refractivity contribution < 1.29 is 8.42 Å². The van der Waals surface area contributed by atoms with Crippen LogP contribution in [0.4, 0.5) is 0 Å². The van der Waals surface area contributed by atoms with Crippen LogP contribution >= 0.6 is 24.0 Å². The van der Waals surface area contributed by atoms with Gasteiger partial charge in [0, 0.05) is 19.6 Å². The Balaban J connectivity index is 0.00000220. The maximum atomic E-state index is 11.0. The Morgan fingerprint density at radius 1 is 1.33 bits per heavy atom.